The Morgan fingerprint density at radius 3 is 2.85 bits per heavy atom. The van der Waals surface area contributed by atoms with Crippen molar-refractivity contribution in [3.8, 4) is 11.4 Å². The van der Waals surface area contributed by atoms with Crippen molar-refractivity contribution in [2.24, 2.45) is 0 Å². The standard InChI is InChI=1S/C21H18N2O4/c1-3-21(26)15-9-17-18-13(8-12-6-4-5-7-16(12)22-18)11(2)23(17)19(24)14(15)10-27-20(21)25/h4-9,11,26H,3,10H2,1-2H3. The molecule has 6 heteroatoms. The fourth-order valence-electron chi connectivity index (χ4n) is 4.24. The van der Waals surface area contributed by atoms with Gasteiger partial charge in [0.25, 0.3) is 5.56 Å². The molecule has 0 saturated heterocycles. The van der Waals surface area contributed by atoms with Gasteiger partial charge < -0.3 is 9.84 Å². The van der Waals surface area contributed by atoms with Crippen molar-refractivity contribution in [2.75, 3.05) is 0 Å². The molecule has 2 atom stereocenters. The maximum Gasteiger partial charge on any atom is 0.343 e. The Bertz CT molecular complexity index is 1200. The minimum absolute atomic E-state index is 0.117. The molecule has 0 aliphatic carbocycles. The Morgan fingerprint density at radius 2 is 2.07 bits per heavy atom. The number of cyclic esters (lactones) is 1. The summed E-state index contributed by atoms with van der Waals surface area (Å²) in [6.45, 7) is 3.54. The van der Waals surface area contributed by atoms with Crippen LogP contribution in [0.1, 0.15) is 43.0 Å². The number of esters is 1. The van der Waals surface area contributed by atoms with E-state index in [4.69, 9.17) is 9.72 Å². The van der Waals surface area contributed by atoms with Gasteiger partial charge in [0.05, 0.1) is 28.5 Å². The lowest BCUT2D eigenvalue weighted by Crippen LogP contribution is -2.44. The van der Waals surface area contributed by atoms with Crippen molar-refractivity contribution in [1.82, 2.24) is 9.55 Å². The van der Waals surface area contributed by atoms with Crippen LogP contribution in [0.2, 0.25) is 0 Å². The molecule has 3 aromatic rings. The second kappa shape index (κ2) is 5.27. The largest absolute Gasteiger partial charge is 0.458 e. The van der Waals surface area contributed by atoms with Crippen LogP contribution in [0.25, 0.3) is 22.3 Å². The first-order valence-corrected chi connectivity index (χ1v) is 9.04. The summed E-state index contributed by atoms with van der Waals surface area (Å²) < 4.78 is 6.79. The first-order valence-electron chi connectivity index (χ1n) is 9.04. The molecule has 4 heterocycles. The summed E-state index contributed by atoms with van der Waals surface area (Å²) in [5.41, 5.74) is 1.79. The predicted octanol–water partition coefficient (Wildman–Crippen LogP) is 2.64. The lowest BCUT2D eigenvalue weighted by Gasteiger charge is -2.32. The third-order valence-corrected chi connectivity index (χ3v) is 5.82. The summed E-state index contributed by atoms with van der Waals surface area (Å²) in [6.07, 6.45) is 0.134. The van der Waals surface area contributed by atoms with E-state index in [1.165, 1.54) is 0 Å². The van der Waals surface area contributed by atoms with Crippen molar-refractivity contribution in [3.63, 3.8) is 0 Å². The fourth-order valence-corrected chi connectivity index (χ4v) is 4.24. The number of fused-ring (bicyclic) bond motifs is 5. The molecule has 0 saturated carbocycles. The molecule has 6 nitrogen and oxygen atoms in total. The average Bonchev–Trinajstić information content (AvgIpc) is 2.95. The van der Waals surface area contributed by atoms with Crippen LogP contribution in [-0.2, 0) is 21.7 Å². The number of hydrogen-bond donors (Lipinski definition) is 1. The van der Waals surface area contributed by atoms with Crippen LogP contribution in [0, 0.1) is 0 Å². The van der Waals surface area contributed by atoms with Gasteiger partial charge >= 0.3 is 5.97 Å². The van der Waals surface area contributed by atoms with E-state index in [1.807, 2.05) is 31.2 Å². The first kappa shape index (κ1) is 16.2. The zero-order valence-corrected chi connectivity index (χ0v) is 15.0. The highest BCUT2D eigenvalue weighted by atomic mass is 16.6. The Kier molecular flexibility index (Phi) is 3.16. The number of ether oxygens (including phenoxy) is 1. The first-order chi connectivity index (χ1) is 13.0. The number of para-hydroxylation sites is 1. The van der Waals surface area contributed by atoms with Crippen molar-refractivity contribution >= 4 is 16.9 Å². The number of carbonyl (C=O) groups excluding carboxylic acids is 1. The SMILES string of the molecule is CCC1(O)C(=O)OCc2c1cc1n(c2=O)C(C)c2cc3ccccc3nc2-1. The van der Waals surface area contributed by atoms with Crippen LogP contribution in [0.4, 0.5) is 0 Å². The molecule has 0 radical (unpaired) electrons. The normalized spacial score (nSPS) is 22.9. The summed E-state index contributed by atoms with van der Waals surface area (Å²) >= 11 is 0. The number of hydrogen-bond acceptors (Lipinski definition) is 5. The van der Waals surface area contributed by atoms with E-state index in [9.17, 15) is 14.7 Å². The van der Waals surface area contributed by atoms with E-state index < -0.39 is 11.6 Å². The number of aromatic nitrogens is 2. The van der Waals surface area contributed by atoms with Crippen molar-refractivity contribution < 1.29 is 14.6 Å². The van der Waals surface area contributed by atoms with E-state index in [-0.39, 0.29) is 24.6 Å². The molecule has 136 valence electrons. The fraction of sp³-hybridized carbons (Fsp3) is 0.286. The van der Waals surface area contributed by atoms with Gasteiger partial charge in [0.1, 0.15) is 6.61 Å². The van der Waals surface area contributed by atoms with Gasteiger partial charge in [-0.05, 0) is 31.5 Å². The highest BCUT2D eigenvalue weighted by Crippen LogP contribution is 2.42. The van der Waals surface area contributed by atoms with E-state index in [0.29, 0.717) is 16.8 Å². The zero-order valence-electron chi connectivity index (χ0n) is 15.0. The third kappa shape index (κ3) is 1.96. The average molecular weight is 362 g/mol. The lowest BCUT2D eigenvalue weighted by atomic mass is 9.86. The molecule has 1 N–H and O–H groups in total. The molecule has 2 unspecified atom stereocenters. The molecule has 0 amide bonds. The molecule has 5 rings (SSSR count). The van der Waals surface area contributed by atoms with Crippen LogP contribution < -0.4 is 5.56 Å². The van der Waals surface area contributed by atoms with Gasteiger partial charge in [-0.2, -0.15) is 0 Å². The molecular weight excluding hydrogens is 344 g/mol. The molecule has 0 fully saturated rings. The van der Waals surface area contributed by atoms with Gasteiger partial charge in [0, 0.05) is 16.5 Å². The molecule has 0 spiro atoms. The summed E-state index contributed by atoms with van der Waals surface area (Å²) in [6, 6.07) is 11.4. The van der Waals surface area contributed by atoms with Gasteiger partial charge in [0.15, 0.2) is 5.60 Å². The Balaban J connectivity index is 1.85. The highest BCUT2D eigenvalue weighted by molar-refractivity contribution is 5.86. The second-order valence-electron chi connectivity index (χ2n) is 7.18. The summed E-state index contributed by atoms with van der Waals surface area (Å²) in [5, 5.41) is 11.9. The van der Waals surface area contributed by atoms with Gasteiger partial charge in [-0.25, -0.2) is 9.78 Å². The van der Waals surface area contributed by atoms with Crippen molar-refractivity contribution in [1.29, 1.82) is 0 Å². The molecule has 1 aromatic carbocycles. The number of pyridine rings is 2. The Labute approximate surface area is 155 Å². The highest BCUT2D eigenvalue weighted by Gasteiger charge is 2.45. The zero-order chi connectivity index (χ0) is 18.9. The van der Waals surface area contributed by atoms with Crippen LogP contribution in [-0.4, -0.2) is 20.6 Å². The minimum Gasteiger partial charge on any atom is -0.458 e. The molecule has 2 aliphatic rings. The number of nitrogens with zero attached hydrogens (tertiary/aromatic N) is 2. The quantitative estimate of drug-likeness (QED) is 0.673. The molecule has 27 heavy (non-hydrogen) atoms. The number of benzene rings is 1. The van der Waals surface area contributed by atoms with E-state index >= 15 is 0 Å². The smallest absolute Gasteiger partial charge is 0.343 e. The number of carbonyl (C=O) groups is 1. The van der Waals surface area contributed by atoms with E-state index in [0.717, 1.165) is 22.2 Å². The number of rotatable bonds is 1. The maximum atomic E-state index is 13.2. The molecule has 0 bridgehead atoms. The van der Waals surface area contributed by atoms with Gasteiger partial charge in [-0.1, -0.05) is 25.1 Å². The second-order valence-corrected chi connectivity index (χ2v) is 7.18. The van der Waals surface area contributed by atoms with Crippen molar-refractivity contribution in [3.05, 3.63) is 63.4 Å². The maximum absolute atomic E-state index is 13.2. The van der Waals surface area contributed by atoms with Crippen LogP contribution in [0.3, 0.4) is 0 Å². The Morgan fingerprint density at radius 1 is 1.30 bits per heavy atom. The summed E-state index contributed by atoms with van der Waals surface area (Å²) in [7, 11) is 0. The molecule has 2 aromatic heterocycles. The third-order valence-electron chi connectivity index (χ3n) is 5.82. The summed E-state index contributed by atoms with van der Waals surface area (Å²) in [4.78, 5) is 30.2. The van der Waals surface area contributed by atoms with Gasteiger partial charge in [-0.15, -0.1) is 0 Å². The van der Waals surface area contributed by atoms with Crippen LogP contribution in [0.15, 0.2) is 41.2 Å². The predicted molar refractivity (Wildman–Crippen MR) is 99.2 cm³/mol. The summed E-state index contributed by atoms with van der Waals surface area (Å²) in [5.74, 6) is -0.709. The molecule has 2 aliphatic heterocycles. The topological polar surface area (TPSA) is 81.4 Å². The van der Waals surface area contributed by atoms with Gasteiger partial charge in [0.2, 0.25) is 0 Å². The monoisotopic (exact) mass is 362 g/mol. The molecular formula is C21H18N2O4. The van der Waals surface area contributed by atoms with Crippen molar-refractivity contribution in [2.45, 2.75) is 38.5 Å². The van der Waals surface area contributed by atoms with Gasteiger partial charge in [-0.3, -0.25) is 9.36 Å². The van der Waals surface area contributed by atoms with Crippen LogP contribution in [0.5, 0.6) is 0 Å². The Hall–Kier alpha value is -2.99. The van der Waals surface area contributed by atoms with E-state index in [1.54, 1.807) is 17.6 Å². The number of aliphatic hydroxyl groups is 1. The van der Waals surface area contributed by atoms with E-state index in [2.05, 4.69) is 6.07 Å². The van der Waals surface area contributed by atoms with Crippen LogP contribution >= 0.6 is 0 Å². The minimum atomic E-state index is -1.80. The lowest BCUT2D eigenvalue weighted by molar-refractivity contribution is -0.172.